The Balaban J connectivity index is 1.37. The lowest BCUT2D eigenvalue weighted by molar-refractivity contribution is -0.146. The molecule has 2 saturated carbocycles. The van der Waals surface area contributed by atoms with E-state index in [-0.39, 0.29) is 41.4 Å². The highest BCUT2D eigenvalue weighted by Gasteiger charge is 2.67. The second-order valence-electron chi connectivity index (χ2n) is 7.87. The zero-order valence-electron chi connectivity index (χ0n) is 14.3. The molecule has 2 bridgehead atoms. The molecule has 134 valence electrons. The Morgan fingerprint density at radius 1 is 1.08 bits per heavy atom. The summed E-state index contributed by atoms with van der Waals surface area (Å²) >= 11 is 2.20. The summed E-state index contributed by atoms with van der Waals surface area (Å²) in [6.07, 6.45) is 5.43. The molecule has 1 aromatic carbocycles. The fourth-order valence-corrected chi connectivity index (χ4v) is 5.62. The number of hydrogen-bond donors (Lipinski definition) is 1. The Labute approximate surface area is 165 Å². The van der Waals surface area contributed by atoms with Crippen LogP contribution in [0.1, 0.15) is 13.3 Å². The molecule has 1 saturated heterocycles. The predicted molar refractivity (Wildman–Crippen MR) is 104 cm³/mol. The number of carbonyl (C=O) groups excluding carboxylic acids is 3. The maximum atomic E-state index is 13.0. The molecule has 1 aromatic rings. The number of anilines is 1. The lowest BCUT2D eigenvalue weighted by Gasteiger charge is -2.37. The second-order valence-corrected chi connectivity index (χ2v) is 9.12. The third-order valence-electron chi connectivity index (χ3n) is 6.58. The van der Waals surface area contributed by atoms with Gasteiger partial charge in [-0.1, -0.05) is 12.2 Å². The van der Waals surface area contributed by atoms with Gasteiger partial charge < -0.3 is 5.32 Å². The SMILES string of the molecule is C[C@H](C(=O)Nc1ccc(I)cc1)N1C(=O)[C@@H]2[C@H]3C=C[C@@H]([C@@H]4C[C@H]34)[C@@H]2C1=O. The second kappa shape index (κ2) is 5.65. The van der Waals surface area contributed by atoms with Gasteiger partial charge in [0.1, 0.15) is 6.04 Å². The van der Waals surface area contributed by atoms with Crippen molar-refractivity contribution in [3.8, 4) is 0 Å². The third kappa shape index (κ3) is 2.23. The van der Waals surface area contributed by atoms with E-state index in [0.717, 1.165) is 9.99 Å². The summed E-state index contributed by atoms with van der Waals surface area (Å²) in [4.78, 5) is 40.0. The number of benzene rings is 1. The number of likely N-dealkylation sites (tertiary alicyclic amines) is 1. The van der Waals surface area contributed by atoms with E-state index in [1.165, 1.54) is 4.90 Å². The molecule has 0 spiro atoms. The molecule has 7 atom stereocenters. The summed E-state index contributed by atoms with van der Waals surface area (Å²) in [5.74, 6) is 0.357. The maximum Gasteiger partial charge on any atom is 0.247 e. The highest BCUT2D eigenvalue weighted by molar-refractivity contribution is 14.1. The van der Waals surface area contributed by atoms with Crippen molar-refractivity contribution < 1.29 is 14.4 Å². The van der Waals surface area contributed by atoms with Crippen LogP contribution in [0.2, 0.25) is 0 Å². The van der Waals surface area contributed by atoms with E-state index in [9.17, 15) is 14.4 Å². The van der Waals surface area contributed by atoms with Crippen molar-refractivity contribution in [2.24, 2.45) is 35.5 Å². The number of imide groups is 1. The first-order valence-electron chi connectivity index (χ1n) is 9.09. The van der Waals surface area contributed by atoms with Crippen LogP contribution in [-0.2, 0) is 14.4 Å². The van der Waals surface area contributed by atoms with Crippen LogP contribution >= 0.6 is 22.6 Å². The van der Waals surface area contributed by atoms with Crippen LogP contribution in [0.25, 0.3) is 0 Å². The monoisotopic (exact) mass is 462 g/mol. The number of carbonyl (C=O) groups is 3. The van der Waals surface area contributed by atoms with Crippen molar-refractivity contribution in [3.63, 3.8) is 0 Å². The average Bonchev–Trinajstić information content (AvgIpc) is 3.41. The molecule has 1 N–H and O–H groups in total. The zero-order chi connectivity index (χ0) is 18.2. The Kier molecular flexibility index (Phi) is 3.58. The molecule has 6 rings (SSSR count). The molecule has 3 fully saturated rings. The Hall–Kier alpha value is -1.70. The maximum absolute atomic E-state index is 13.0. The quantitative estimate of drug-likeness (QED) is 0.427. The standard InChI is InChI=1S/C20H19IN2O3/c1-9(18(24)22-11-4-2-10(21)3-5-11)23-19(25)16-12-6-7-13(15-8-14(12)15)17(16)20(23)26/h2-7,9,12-17H,8H2,1H3,(H,22,24)/t9-,12+,13+,14-,15+,16-,17+/m1/s1. The van der Waals surface area contributed by atoms with Crippen LogP contribution in [0.5, 0.6) is 0 Å². The normalized spacial score (nSPS) is 37.4. The van der Waals surface area contributed by atoms with E-state index < -0.39 is 6.04 Å². The largest absolute Gasteiger partial charge is 0.324 e. The van der Waals surface area contributed by atoms with Gasteiger partial charge in [0.25, 0.3) is 0 Å². The lowest BCUT2D eigenvalue weighted by atomic mass is 9.63. The first-order chi connectivity index (χ1) is 12.5. The lowest BCUT2D eigenvalue weighted by Crippen LogP contribution is -2.46. The summed E-state index contributed by atoms with van der Waals surface area (Å²) in [6, 6.07) is 6.64. The Morgan fingerprint density at radius 3 is 2.15 bits per heavy atom. The number of hydrogen-bond acceptors (Lipinski definition) is 3. The van der Waals surface area contributed by atoms with Gasteiger partial charge in [-0.25, -0.2) is 0 Å². The zero-order valence-corrected chi connectivity index (χ0v) is 16.4. The highest BCUT2D eigenvalue weighted by atomic mass is 127. The van der Waals surface area contributed by atoms with Crippen molar-refractivity contribution >= 4 is 46.0 Å². The number of nitrogens with one attached hydrogen (secondary N) is 1. The van der Waals surface area contributed by atoms with Crippen LogP contribution in [0.3, 0.4) is 0 Å². The predicted octanol–water partition coefficient (Wildman–Crippen LogP) is 2.67. The third-order valence-corrected chi connectivity index (χ3v) is 7.29. The summed E-state index contributed by atoms with van der Waals surface area (Å²) in [5, 5.41) is 2.82. The van der Waals surface area contributed by atoms with Gasteiger partial charge in [-0.2, -0.15) is 0 Å². The van der Waals surface area contributed by atoms with Crippen molar-refractivity contribution in [2.75, 3.05) is 5.32 Å². The molecule has 3 amide bonds. The minimum absolute atomic E-state index is 0.157. The number of allylic oxidation sites excluding steroid dienone is 2. The van der Waals surface area contributed by atoms with Gasteiger partial charge in [-0.15, -0.1) is 0 Å². The minimum Gasteiger partial charge on any atom is -0.324 e. The van der Waals surface area contributed by atoms with Crippen molar-refractivity contribution in [2.45, 2.75) is 19.4 Å². The van der Waals surface area contributed by atoms with Crippen LogP contribution < -0.4 is 5.32 Å². The molecular weight excluding hydrogens is 443 g/mol. The Bertz CT molecular complexity index is 813. The summed E-state index contributed by atoms with van der Waals surface area (Å²) < 4.78 is 1.07. The fourth-order valence-electron chi connectivity index (χ4n) is 5.26. The van der Waals surface area contributed by atoms with Crippen LogP contribution in [0.15, 0.2) is 36.4 Å². The van der Waals surface area contributed by atoms with E-state index in [1.54, 1.807) is 6.92 Å². The molecule has 1 aliphatic heterocycles. The number of amides is 3. The fraction of sp³-hybridized carbons (Fsp3) is 0.450. The molecular formula is C20H19IN2O3. The van der Waals surface area contributed by atoms with E-state index in [2.05, 4.69) is 40.1 Å². The van der Waals surface area contributed by atoms with Gasteiger partial charge in [0.15, 0.2) is 0 Å². The van der Waals surface area contributed by atoms with Gasteiger partial charge >= 0.3 is 0 Å². The van der Waals surface area contributed by atoms with Gasteiger partial charge in [0.05, 0.1) is 11.8 Å². The van der Waals surface area contributed by atoms with E-state index in [4.69, 9.17) is 0 Å². The van der Waals surface area contributed by atoms with E-state index >= 15 is 0 Å². The van der Waals surface area contributed by atoms with Gasteiger partial charge in [0, 0.05) is 9.26 Å². The number of halogens is 1. The topological polar surface area (TPSA) is 66.5 Å². The van der Waals surface area contributed by atoms with Crippen LogP contribution in [0.4, 0.5) is 5.69 Å². The first-order valence-corrected chi connectivity index (χ1v) is 10.2. The summed E-state index contributed by atoms with van der Waals surface area (Å²) in [6.45, 7) is 1.64. The molecule has 5 aliphatic rings. The molecule has 0 aromatic heterocycles. The first kappa shape index (κ1) is 16.5. The van der Waals surface area contributed by atoms with Crippen LogP contribution in [-0.4, -0.2) is 28.7 Å². The molecule has 0 unspecified atom stereocenters. The van der Waals surface area contributed by atoms with Gasteiger partial charge in [-0.3, -0.25) is 19.3 Å². The molecule has 1 heterocycles. The number of rotatable bonds is 3. The van der Waals surface area contributed by atoms with Gasteiger partial charge in [-0.05, 0) is 83.9 Å². The smallest absolute Gasteiger partial charge is 0.247 e. The molecule has 0 radical (unpaired) electrons. The van der Waals surface area contributed by atoms with Crippen molar-refractivity contribution in [1.29, 1.82) is 0 Å². The van der Waals surface area contributed by atoms with E-state index in [1.807, 2.05) is 24.3 Å². The van der Waals surface area contributed by atoms with Gasteiger partial charge in [0.2, 0.25) is 17.7 Å². The summed E-state index contributed by atoms with van der Waals surface area (Å²) in [7, 11) is 0. The molecule has 6 heteroatoms. The summed E-state index contributed by atoms with van der Waals surface area (Å²) in [5.41, 5.74) is 0.668. The highest BCUT2D eigenvalue weighted by Crippen LogP contribution is 2.65. The number of nitrogens with zero attached hydrogens (tertiary/aromatic N) is 1. The Morgan fingerprint density at radius 2 is 1.62 bits per heavy atom. The van der Waals surface area contributed by atoms with Crippen molar-refractivity contribution in [3.05, 3.63) is 40.0 Å². The van der Waals surface area contributed by atoms with Crippen LogP contribution in [0, 0.1) is 39.1 Å². The minimum atomic E-state index is -0.796. The van der Waals surface area contributed by atoms with E-state index in [0.29, 0.717) is 17.5 Å². The molecule has 26 heavy (non-hydrogen) atoms. The van der Waals surface area contributed by atoms with Crippen molar-refractivity contribution in [1.82, 2.24) is 4.90 Å². The molecule has 5 nitrogen and oxygen atoms in total. The molecule has 4 aliphatic carbocycles. The average molecular weight is 462 g/mol.